The molecule has 7 aromatic heterocycles. The minimum absolute atomic E-state index is 0.640. The first-order valence-electron chi connectivity index (χ1n) is 28.3. The van der Waals surface area contributed by atoms with Gasteiger partial charge >= 0.3 is 0 Å². The molecule has 0 fully saturated rings. The number of aromatic nitrogens is 15. The van der Waals surface area contributed by atoms with E-state index in [1.54, 1.807) is 37.2 Å². The van der Waals surface area contributed by atoms with Crippen molar-refractivity contribution in [3.63, 3.8) is 0 Å². The maximum Gasteiger partial charge on any atom is 0.165 e. The Labute approximate surface area is 510 Å². The summed E-state index contributed by atoms with van der Waals surface area (Å²) in [5, 5.41) is 0. The van der Waals surface area contributed by atoms with E-state index < -0.39 is 0 Å². The lowest BCUT2D eigenvalue weighted by Gasteiger charge is -2.07. The molecule has 0 amide bonds. The van der Waals surface area contributed by atoms with Gasteiger partial charge in [-0.15, -0.1) is 0 Å². The SMILES string of the molecule is Cc1nc(-c2ccc(-c3ccccc3)cc2)nc(-c2cccnc2)n1.Cc1nc(-c2ccccc2)nc(-c2ccccc2)n1.Cc1nc(-c2ccccc2)nc(-c2ccncc2)n1.Cc1nc(-c2cccnc2)nc(-c2cccc(-c3ccccc3)c2)n1. The maximum absolute atomic E-state index is 4.65. The van der Waals surface area contributed by atoms with Gasteiger partial charge in [-0.25, -0.2) is 59.8 Å². The highest BCUT2D eigenvalue weighted by molar-refractivity contribution is 5.72. The predicted molar refractivity (Wildman–Crippen MR) is 346 cm³/mol. The van der Waals surface area contributed by atoms with Crippen molar-refractivity contribution in [1.82, 2.24) is 74.8 Å². The van der Waals surface area contributed by atoms with Crippen molar-refractivity contribution in [1.29, 1.82) is 0 Å². The molecule has 424 valence electrons. The molecule has 0 aliphatic carbocycles. The van der Waals surface area contributed by atoms with Gasteiger partial charge in [-0.3, -0.25) is 15.0 Å². The van der Waals surface area contributed by atoms with E-state index in [0.717, 1.165) is 55.9 Å². The monoisotopic (exact) mass is 1140 g/mol. The normalized spacial score (nSPS) is 10.5. The average molecular weight is 1140 g/mol. The van der Waals surface area contributed by atoms with E-state index in [1.165, 1.54) is 16.7 Å². The minimum atomic E-state index is 0.640. The molecule has 0 atom stereocenters. The van der Waals surface area contributed by atoms with Gasteiger partial charge in [-0.2, -0.15) is 0 Å². The highest BCUT2D eigenvalue weighted by Crippen LogP contribution is 2.28. The first-order chi connectivity index (χ1) is 43.2. The van der Waals surface area contributed by atoms with Gasteiger partial charge in [0, 0.05) is 81.7 Å². The van der Waals surface area contributed by atoms with Crippen LogP contribution in [0.15, 0.2) is 274 Å². The van der Waals surface area contributed by atoms with Crippen LogP contribution in [-0.4, -0.2) is 74.8 Å². The van der Waals surface area contributed by atoms with Gasteiger partial charge in [0.2, 0.25) is 0 Å². The fourth-order valence-electron chi connectivity index (χ4n) is 9.12. The summed E-state index contributed by atoms with van der Waals surface area (Å²) in [6.45, 7) is 7.52. The summed E-state index contributed by atoms with van der Waals surface area (Å²) >= 11 is 0. The van der Waals surface area contributed by atoms with E-state index >= 15 is 0 Å². The van der Waals surface area contributed by atoms with E-state index in [4.69, 9.17) is 0 Å². The molecule has 7 aromatic carbocycles. The summed E-state index contributed by atoms with van der Waals surface area (Å²) in [5.41, 5.74) is 12.3. The largest absolute Gasteiger partial charge is 0.265 e. The van der Waals surface area contributed by atoms with Crippen molar-refractivity contribution in [3.8, 4) is 113 Å². The molecule has 15 nitrogen and oxygen atoms in total. The van der Waals surface area contributed by atoms with Crippen LogP contribution in [-0.2, 0) is 0 Å². The summed E-state index contributed by atoms with van der Waals surface area (Å²) in [6, 6.07) is 78.4. The fraction of sp³-hybridized carbons (Fsp3) is 0.0548. The number of rotatable bonds is 10. The van der Waals surface area contributed by atoms with Gasteiger partial charge < -0.3 is 0 Å². The third-order valence-electron chi connectivity index (χ3n) is 13.3. The molecule has 0 aliphatic heterocycles. The molecule has 0 saturated carbocycles. The van der Waals surface area contributed by atoms with Crippen molar-refractivity contribution >= 4 is 0 Å². The van der Waals surface area contributed by atoms with Crippen molar-refractivity contribution < 1.29 is 0 Å². The first-order valence-corrected chi connectivity index (χ1v) is 28.3. The number of aryl methyl sites for hydroxylation is 4. The maximum atomic E-state index is 4.65. The van der Waals surface area contributed by atoms with Gasteiger partial charge in [0.05, 0.1) is 0 Å². The summed E-state index contributed by atoms with van der Waals surface area (Å²) < 4.78 is 0. The zero-order valence-electron chi connectivity index (χ0n) is 48.7. The Kier molecular flexibility index (Phi) is 18.8. The average Bonchev–Trinajstić information content (AvgIpc) is 3.53. The number of pyridine rings is 3. The van der Waals surface area contributed by atoms with Crippen LogP contribution in [0.2, 0.25) is 0 Å². The second-order valence-corrected chi connectivity index (χ2v) is 19.8. The summed E-state index contributed by atoms with van der Waals surface area (Å²) in [4.78, 5) is 66.1. The van der Waals surface area contributed by atoms with Crippen molar-refractivity contribution in [2.75, 3.05) is 0 Å². The van der Waals surface area contributed by atoms with E-state index in [0.29, 0.717) is 64.1 Å². The van der Waals surface area contributed by atoms with Crippen molar-refractivity contribution in [3.05, 3.63) is 297 Å². The third kappa shape index (κ3) is 15.4. The van der Waals surface area contributed by atoms with Crippen LogP contribution in [0, 0.1) is 27.7 Å². The molecule has 0 spiro atoms. The van der Waals surface area contributed by atoms with Crippen LogP contribution >= 0.6 is 0 Å². The van der Waals surface area contributed by atoms with Gasteiger partial charge in [-0.1, -0.05) is 194 Å². The van der Waals surface area contributed by atoms with Crippen LogP contribution in [0.3, 0.4) is 0 Å². The first kappa shape index (κ1) is 57.8. The fourth-order valence-corrected chi connectivity index (χ4v) is 9.12. The molecule has 0 saturated heterocycles. The minimum Gasteiger partial charge on any atom is -0.265 e. The summed E-state index contributed by atoms with van der Waals surface area (Å²) in [5.74, 6) is 8.24. The standard InChI is InChI=1S/2C21H16N4.C16H13N3.C15H12N4/c1-15-23-20(25-21(24-15)19-11-6-12-22-14-19)18-10-5-9-17(13-18)16-7-3-2-4-8-16;1-15-23-20(25-21(24-15)19-8-5-13-22-14-19)18-11-9-17(10-12-18)16-6-3-2-4-7-16;1-12-17-15(13-8-4-2-5-9-13)19-16(18-12)14-10-6-3-7-11-14;1-11-17-14(12-5-3-2-4-6-12)19-15(18-11)13-7-9-16-10-8-13/h2*2-14H,1H3;2-11H,1H3;2-10H,1H3. The molecule has 0 radical (unpaired) electrons. The van der Waals surface area contributed by atoms with E-state index in [1.807, 2.05) is 216 Å². The Hall–Kier alpha value is -12.0. The second-order valence-electron chi connectivity index (χ2n) is 19.8. The predicted octanol–water partition coefficient (Wildman–Crippen LogP) is 15.6. The molecule has 0 bridgehead atoms. The highest BCUT2D eigenvalue weighted by atomic mass is 15.1. The van der Waals surface area contributed by atoms with Crippen LogP contribution in [0.4, 0.5) is 0 Å². The number of hydrogen-bond donors (Lipinski definition) is 0. The quantitative estimate of drug-likeness (QED) is 0.125. The number of nitrogens with zero attached hydrogens (tertiary/aromatic N) is 15. The van der Waals surface area contributed by atoms with Gasteiger partial charge in [0.15, 0.2) is 46.6 Å². The number of benzene rings is 7. The molecule has 88 heavy (non-hydrogen) atoms. The molecule has 14 aromatic rings. The Bertz CT molecular complexity index is 4260. The molecule has 0 unspecified atom stereocenters. The molecule has 14 rings (SSSR count). The second kappa shape index (κ2) is 28.5. The van der Waals surface area contributed by atoms with Gasteiger partial charge in [0.1, 0.15) is 23.3 Å². The number of hydrogen-bond acceptors (Lipinski definition) is 15. The van der Waals surface area contributed by atoms with Crippen molar-refractivity contribution in [2.45, 2.75) is 27.7 Å². The van der Waals surface area contributed by atoms with E-state index in [2.05, 4.69) is 123 Å². The van der Waals surface area contributed by atoms with Crippen LogP contribution in [0.5, 0.6) is 0 Å². The summed E-state index contributed by atoms with van der Waals surface area (Å²) in [7, 11) is 0. The lowest BCUT2D eigenvalue weighted by molar-refractivity contribution is 0.989. The smallest absolute Gasteiger partial charge is 0.165 e. The molecule has 7 heterocycles. The van der Waals surface area contributed by atoms with Crippen LogP contribution < -0.4 is 0 Å². The van der Waals surface area contributed by atoms with E-state index in [-0.39, 0.29) is 0 Å². The topological polar surface area (TPSA) is 193 Å². The van der Waals surface area contributed by atoms with Gasteiger partial charge in [0.25, 0.3) is 0 Å². The Morgan fingerprint density at radius 1 is 0.170 bits per heavy atom. The highest BCUT2D eigenvalue weighted by Gasteiger charge is 2.13. The Morgan fingerprint density at radius 3 is 0.773 bits per heavy atom. The van der Waals surface area contributed by atoms with Crippen LogP contribution in [0.1, 0.15) is 23.3 Å². The molecular weight excluding hydrogens is 1090 g/mol. The lowest BCUT2D eigenvalue weighted by atomic mass is 10.0. The Morgan fingerprint density at radius 2 is 0.420 bits per heavy atom. The molecule has 0 aliphatic rings. The molecule has 0 N–H and O–H groups in total. The summed E-state index contributed by atoms with van der Waals surface area (Å²) in [6.07, 6.45) is 10.5. The van der Waals surface area contributed by atoms with Gasteiger partial charge in [-0.05, 0) is 92.4 Å². The van der Waals surface area contributed by atoms with E-state index in [9.17, 15) is 0 Å². The third-order valence-corrected chi connectivity index (χ3v) is 13.3. The lowest BCUT2D eigenvalue weighted by Crippen LogP contribution is -1.99. The van der Waals surface area contributed by atoms with Crippen LogP contribution in [0.25, 0.3) is 113 Å². The Balaban J connectivity index is 0.000000122. The molecular formula is C73H57N15. The zero-order valence-corrected chi connectivity index (χ0v) is 48.7. The molecule has 15 heteroatoms. The van der Waals surface area contributed by atoms with Crippen molar-refractivity contribution in [2.24, 2.45) is 0 Å². The zero-order chi connectivity index (χ0) is 60.3.